The summed E-state index contributed by atoms with van der Waals surface area (Å²) in [4.78, 5) is 0. The molecule has 0 radical (unpaired) electrons. The summed E-state index contributed by atoms with van der Waals surface area (Å²) in [7, 11) is 3.35. The summed E-state index contributed by atoms with van der Waals surface area (Å²) in [6.07, 6.45) is 7.68. The SMILES string of the molecule is CNN=Cc1ccc(OC(F)F)c(OCC2CC2)c1.CNN=Cc1ccc(OC(F)F)c(OCC2CC2)c1. The van der Waals surface area contributed by atoms with Crippen molar-refractivity contribution in [3.05, 3.63) is 47.5 Å². The first-order valence-electron chi connectivity index (χ1n) is 12.2. The summed E-state index contributed by atoms with van der Waals surface area (Å²) in [6, 6.07) is 9.49. The minimum absolute atomic E-state index is 0.0530. The van der Waals surface area contributed by atoms with Gasteiger partial charge in [0.25, 0.3) is 0 Å². The van der Waals surface area contributed by atoms with Crippen LogP contribution >= 0.6 is 0 Å². The van der Waals surface area contributed by atoms with Crippen LogP contribution in [0.4, 0.5) is 17.6 Å². The summed E-state index contributed by atoms with van der Waals surface area (Å²) >= 11 is 0. The topological polar surface area (TPSA) is 85.7 Å². The van der Waals surface area contributed by atoms with E-state index in [1.165, 1.54) is 12.1 Å². The maximum absolute atomic E-state index is 12.3. The first-order chi connectivity index (χ1) is 18.4. The Balaban J connectivity index is 0.000000211. The summed E-state index contributed by atoms with van der Waals surface area (Å²) in [5.74, 6) is 1.83. The lowest BCUT2D eigenvalue weighted by Crippen LogP contribution is -2.06. The number of nitrogens with zero attached hydrogens (tertiary/aromatic N) is 2. The van der Waals surface area contributed by atoms with Gasteiger partial charge in [0, 0.05) is 14.1 Å². The van der Waals surface area contributed by atoms with Crippen LogP contribution in [0.5, 0.6) is 23.0 Å². The van der Waals surface area contributed by atoms with Gasteiger partial charge in [-0.05, 0) is 85.0 Å². The largest absolute Gasteiger partial charge is 0.489 e. The molecule has 2 saturated carbocycles. The molecule has 2 aliphatic rings. The van der Waals surface area contributed by atoms with Gasteiger partial charge in [0.2, 0.25) is 0 Å². The van der Waals surface area contributed by atoms with E-state index in [9.17, 15) is 17.6 Å². The molecule has 0 atom stereocenters. The van der Waals surface area contributed by atoms with Crippen molar-refractivity contribution in [3.8, 4) is 23.0 Å². The smallest absolute Gasteiger partial charge is 0.387 e. The third-order valence-corrected chi connectivity index (χ3v) is 5.40. The van der Waals surface area contributed by atoms with Crippen LogP contribution in [0.15, 0.2) is 46.6 Å². The van der Waals surface area contributed by atoms with Crippen molar-refractivity contribution in [2.45, 2.75) is 38.9 Å². The van der Waals surface area contributed by atoms with Crippen LogP contribution in [0, 0.1) is 11.8 Å². The third-order valence-electron chi connectivity index (χ3n) is 5.40. The average Bonchev–Trinajstić information content (AvgIpc) is 3.81. The van der Waals surface area contributed by atoms with Crippen molar-refractivity contribution in [1.82, 2.24) is 10.9 Å². The molecule has 8 nitrogen and oxygen atoms in total. The Morgan fingerprint density at radius 3 is 1.42 bits per heavy atom. The number of ether oxygens (including phenoxy) is 4. The number of hydrazone groups is 2. The van der Waals surface area contributed by atoms with E-state index in [0.717, 1.165) is 36.8 Å². The molecule has 0 amide bonds. The molecule has 2 fully saturated rings. The molecule has 2 aromatic rings. The molecule has 0 heterocycles. The Bertz CT molecular complexity index is 980. The number of hydrogen-bond acceptors (Lipinski definition) is 8. The minimum Gasteiger partial charge on any atom is -0.489 e. The van der Waals surface area contributed by atoms with Crippen LogP contribution in [0.3, 0.4) is 0 Å². The number of alkyl halides is 4. The quantitative estimate of drug-likeness (QED) is 0.193. The normalized spacial score (nSPS) is 14.9. The zero-order chi connectivity index (χ0) is 27.3. The Morgan fingerprint density at radius 2 is 1.11 bits per heavy atom. The minimum atomic E-state index is -2.86. The van der Waals surface area contributed by atoms with Crippen LogP contribution in [-0.4, -0.2) is 53.0 Å². The van der Waals surface area contributed by atoms with Crippen molar-refractivity contribution in [2.75, 3.05) is 27.3 Å². The number of nitrogens with one attached hydrogen (secondary N) is 2. The van der Waals surface area contributed by atoms with Crippen molar-refractivity contribution >= 4 is 12.4 Å². The lowest BCUT2D eigenvalue weighted by atomic mass is 10.2. The number of rotatable bonds is 14. The highest BCUT2D eigenvalue weighted by atomic mass is 19.3. The van der Waals surface area contributed by atoms with Crippen LogP contribution < -0.4 is 29.8 Å². The van der Waals surface area contributed by atoms with Crippen LogP contribution in [0.1, 0.15) is 36.8 Å². The summed E-state index contributed by atoms with van der Waals surface area (Å²) in [5, 5.41) is 7.72. The van der Waals surface area contributed by atoms with E-state index in [0.29, 0.717) is 36.5 Å². The van der Waals surface area contributed by atoms with Gasteiger partial charge >= 0.3 is 13.2 Å². The van der Waals surface area contributed by atoms with Gasteiger partial charge in [-0.25, -0.2) is 0 Å². The van der Waals surface area contributed by atoms with Crippen LogP contribution in [0.2, 0.25) is 0 Å². The standard InChI is InChI=1S/2C13H16F2N2O2/c2*1-16-17-7-10-4-5-11(19-13(14)15)12(6-10)18-8-9-2-3-9/h2*4-7,9,13,16H,2-3,8H2,1H3. The number of benzene rings is 2. The van der Waals surface area contributed by atoms with E-state index in [2.05, 4.69) is 30.5 Å². The highest BCUT2D eigenvalue weighted by Crippen LogP contribution is 2.35. The van der Waals surface area contributed by atoms with E-state index >= 15 is 0 Å². The molecule has 2 N–H and O–H groups in total. The predicted molar refractivity (Wildman–Crippen MR) is 136 cm³/mol. The van der Waals surface area contributed by atoms with Gasteiger partial charge in [-0.15, -0.1) is 0 Å². The second-order valence-electron chi connectivity index (χ2n) is 8.64. The van der Waals surface area contributed by atoms with Gasteiger partial charge in [0.05, 0.1) is 25.6 Å². The highest BCUT2D eigenvalue weighted by molar-refractivity contribution is 5.81. The molecule has 38 heavy (non-hydrogen) atoms. The zero-order valence-electron chi connectivity index (χ0n) is 21.2. The van der Waals surface area contributed by atoms with Gasteiger partial charge in [-0.1, -0.05) is 0 Å². The molecule has 2 aromatic carbocycles. The van der Waals surface area contributed by atoms with E-state index in [4.69, 9.17) is 9.47 Å². The molecule has 208 valence electrons. The van der Waals surface area contributed by atoms with Gasteiger partial charge in [0.1, 0.15) is 0 Å². The maximum atomic E-state index is 12.3. The number of halogens is 4. The first-order valence-corrected chi connectivity index (χ1v) is 12.2. The van der Waals surface area contributed by atoms with E-state index in [-0.39, 0.29) is 11.5 Å². The fraction of sp³-hybridized carbons (Fsp3) is 0.462. The molecule has 0 bridgehead atoms. The zero-order valence-corrected chi connectivity index (χ0v) is 21.2. The van der Waals surface area contributed by atoms with E-state index in [1.54, 1.807) is 50.8 Å². The molecule has 12 heteroatoms. The predicted octanol–water partition coefficient (Wildman–Crippen LogP) is 5.26. The lowest BCUT2D eigenvalue weighted by molar-refractivity contribution is -0.0521. The Labute approximate surface area is 219 Å². The van der Waals surface area contributed by atoms with Gasteiger partial charge in [-0.2, -0.15) is 27.8 Å². The Kier molecular flexibility index (Phi) is 11.3. The molecule has 2 aliphatic carbocycles. The maximum Gasteiger partial charge on any atom is 0.387 e. The van der Waals surface area contributed by atoms with E-state index < -0.39 is 13.2 Å². The van der Waals surface area contributed by atoms with Crippen molar-refractivity contribution in [2.24, 2.45) is 22.0 Å². The van der Waals surface area contributed by atoms with Crippen LogP contribution in [-0.2, 0) is 0 Å². The molecule has 0 spiro atoms. The van der Waals surface area contributed by atoms with Gasteiger partial charge < -0.3 is 29.8 Å². The fourth-order valence-corrected chi connectivity index (χ4v) is 3.08. The fourth-order valence-electron chi connectivity index (χ4n) is 3.08. The van der Waals surface area contributed by atoms with Crippen molar-refractivity contribution < 1.29 is 36.5 Å². The van der Waals surface area contributed by atoms with E-state index in [1.807, 2.05) is 0 Å². The Hall–Kier alpha value is -3.70. The summed E-state index contributed by atoms with van der Waals surface area (Å²) < 4.78 is 69.2. The molecule has 4 rings (SSSR count). The molecule has 0 unspecified atom stereocenters. The van der Waals surface area contributed by atoms with Crippen molar-refractivity contribution in [3.63, 3.8) is 0 Å². The van der Waals surface area contributed by atoms with Gasteiger partial charge in [-0.3, -0.25) is 0 Å². The van der Waals surface area contributed by atoms with Crippen molar-refractivity contribution in [1.29, 1.82) is 0 Å². The average molecular weight is 541 g/mol. The third kappa shape index (κ3) is 10.7. The molecule has 0 aliphatic heterocycles. The summed E-state index contributed by atoms with van der Waals surface area (Å²) in [6.45, 7) is -4.65. The molecule has 0 aromatic heterocycles. The second kappa shape index (κ2) is 14.9. The van der Waals surface area contributed by atoms with Crippen LogP contribution in [0.25, 0.3) is 0 Å². The second-order valence-corrected chi connectivity index (χ2v) is 8.64. The Morgan fingerprint density at radius 1 is 0.711 bits per heavy atom. The lowest BCUT2D eigenvalue weighted by Gasteiger charge is -2.12. The monoisotopic (exact) mass is 540 g/mol. The summed E-state index contributed by atoms with van der Waals surface area (Å²) in [5.41, 5.74) is 6.74. The molecular weight excluding hydrogens is 508 g/mol. The van der Waals surface area contributed by atoms with Gasteiger partial charge in [0.15, 0.2) is 23.0 Å². The molecule has 0 saturated heterocycles. The highest BCUT2D eigenvalue weighted by Gasteiger charge is 2.24. The number of hydrogen-bond donors (Lipinski definition) is 2. The first kappa shape index (κ1) is 28.9. The molecular formula is C26H32F4N4O4.